The minimum Gasteiger partial charge on any atom is -0.454 e. The fourth-order valence-corrected chi connectivity index (χ4v) is 3.15. The van der Waals surface area contributed by atoms with Crippen molar-refractivity contribution in [2.24, 2.45) is 0 Å². The van der Waals surface area contributed by atoms with Crippen molar-refractivity contribution < 1.29 is 24.2 Å². The van der Waals surface area contributed by atoms with Crippen LogP contribution in [0.25, 0.3) is 6.08 Å². The Morgan fingerprint density at radius 2 is 1.96 bits per heavy atom. The van der Waals surface area contributed by atoms with Gasteiger partial charge in [0.1, 0.15) is 6.04 Å². The third kappa shape index (κ3) is 4.76. The van der Waals surface area contributed by atoms with Crippen molar-refractivity contribution >= 4 is 17.9 Å². The summed E-state index contributed by atoms with van der Waals surface area (Å²) in [6.45, 7) is -0.251. The zero-order valence-electron chi connectivity index (χ0n) is 14.6. The van der Waals surface area contributed by atoms with Crippen LogP contribution in [0, 0.1) is 0 Å². The van der Waals surface area contributed by atoms with Crippen molar-refractivity contribution in [1.82, 2.24) is 10.6 Å². The van der Waals surface area contributed by atoms with Crippen LogP contribution in [0.5, 0.6) is 11.5 Å². The predicted molar refractivity (Wildman–Crippen MR) is 95.6 cm³/mol. The molecule has 2 amide bonds. The molecular weight excluding hydrogens is 336 g/mol. The van der Waals surface area contributed by atoms with Crippen LogP contribution in [0.3, 0.4) is 0 Å². The molecule has 1 aliphatic carbocycles. The van der Waals surface area contributed by atoms with E-state index in [4.69, 9.17) is 9.47 Å². The number of ether oxygens (including phenoxy) is 2. The molecule has 1 aromatic carbocycles. The highest BCUT2D eigenvalue weighted by Gasteiger charge is 2.23. The van der Waals surface area contributed by atoms with E-state index in [0.29, 0.717) is 11.5 Å². The van der Waals surface area contributed by atoms with Crippen molar-refractivity contribution in [2.75, 3.05) is 13.4 Å². The molecule has 0 unspecified atom stereocenters. The number of aliphatic hydroxyl groups excluding tert-OH is 1. The first kappa shape index (κ1) is 18.3. The second-order valence-corrected chi connectivity index (χ2v) is 6.53. The maximum atomic E-state index is 12.2. The van der Waals surface area contributed by atoms with E-state index in [9.17, 15) is 14.7 Å². The van der Waals surface area contributed by atoms with Crippen LogP contribution in [-0.2, 0) is 9.59 Å². The van der Waals surface area contributed by atoms with Gasteiger partial charge in [0.2, 0.25) is 18.6 Å². The van der Waals surface area contributed by atoms with Gasteiger partial charge in [0.25, 0.3) is 0 Å². The molecule has 140 valence electrons. The molecule has 1 aliphatic heterocycles. The Kier molecular flexibility index (Phi) is 6.12. The number of hydrogen-bond donors (Lipinski definition) is 3. The molecule has 26 heavy (non-hydrogen) atoms. The maximum absolute atomic E-state index is 12.2. The minimum absolute atomic E-state index is 0.131. The lowest BCUT2D eigenvalue weighted by Gasteiger charge is -2.25. The third-order valence-electron chi connectivity index (χ3n) is 4.59. The number of benzene rings is 1. The highest BCUT2D eigenvalue weighted by Crippen LogP contribution is 2.32. The SMILES string of the molecule is O=C(C=Cc1ccc2c(c1)OCO2)N[C@@H](CO)C(=O)NC1CCCCC1. The van der Waals surface area contributed by atoms with Crippen molar-refractivity contribution in [3.63, 3.8) is 0 Å². The Labute approximate surface area is 152 Å². The van der Waals surface area contributed by atoms with E-state index in [-0.39, 0.29) is 18.7 Å². The van der Waals surface area contributed by atoms with Crippen LogP contribution < -0.4 is 20.1 Å². The minimum atomic E-state index is -0.953. The van der Waals surface area contributed by atoms with Crippen molar-refractivity contribution in [1.29, 1.82) is 0 Å². The van der Waals surface area contributed by atoms with Gasteiger partial charge in [-0.25, -0.2) is 0 Å². The summed E-state index contributed by atoms with van der Waals surface area (Å²) >= 11 is 0. The van der Waals surface area contributed by atoms with Gasteiger partial charge < -0.3 is 25.2 Å². The van der Waals surface area contributed by atoms with E-state index in [1.54, 1.807) is 24.3 Å². The first-order chi connectivity index (χ1) is 12.7. The van der Waals surface area contributed by atoms with Crippen LogP contribution in [0.15, 0.2) is 24.3 Å². The van der Waals surface area contributed by atoms with E-state index in [1.165, 1.54) is 12.5 Å². The Morgan fingerprint density at radius 1 is 1.19 bits per heavy atom. The van der Waals surface area contributed by atoms with E-state index < -0.39 is 18.6 Å². The van der Waals surface area contributed by atoms with Crippen molar-refractivity contribution in [3.8, 4) is 11.5 Å². The lowest BCUT2D eigenvalue weighted by atomic mass is 9.95. The molecule has 1 fully saturated rings. The zero-order chi connectivity index (χ0) is 18.4. The van der Waals surface area contributed by atoms with Crippen LogP contribution in [0.2, 0.25) is 0 Å². The molecule has 7 heteroatoms. The molecule has 0 spiro atoms. The molecule has 2 aliphatic rings. The molecule has 1 atom stereocenters. The van der Waals surface area contributed by atoms with Gasteiger partial charge in [0.15, 0.2) is 11.5 Å². The Morgan fingerprint density at radius 3 is 2.73 bits per heavy atom. The first-order valence-electron chi connectivity index (χ1n) is 8.95. The molecule has 1 aromatic rings. The van der Waals surface area contributed by atoms with Gasteiger partial charge in [-0.15, -0.1) is 0 Å². The van der Waals surface area contributed by atoms with Gasteiger partial charge in [0, 0.05) is 12.1 Å². The second kappa shape index (κ2) is 8.71. The predicted octanol–water partition coefficient (Wildman–Crippen LogP) is 1.35. The average Bonchev–Trinajstić information content (AvgIpc) is 3.13. The zero-order valence-corrected chi connectivity index (χ0v) is 14.6. The van der Waals surface area contributed by atoms with Gasteiger partial charge in [0.05, 0.1) is 6.61 Å². The smallest absolute Gasteiger partial charge is 0.245 e. The van der Waals surface area contributed by atoms with E-state index in [1.807, 2.05) is 0 Å². The molecule has 0 saturated heterocycles. The summed E-state index contributed by atoms with van der Waals surface area (Å²) in [6.07, 6.45) is 8.22. The van der Waals surface area contributed by atoms with Gasteiger partial charge in [-0.3, -0.25) is 9.59 Å². The number of aliphatic hydroxyl groups is 1. The quantitative estimate of drug-likeness (QED) is 0.666. The monoisotopic (exact) mass is 360 g/mol. The summed E-state index contributed by atoms with van der Waals surface area (Å²) in [5.74, 6) is 0.517. The van der Waals surface area contributed by atoms with Crippen LogP contribution in [0.1, 0.15) is 37.7 Å². The molecule has 0 bridgehead atoms. The summed E-state index contributed by atoms with van der Waals surface area (Å²) in [5, 5.41) is 14.9. The highest BCUT2D eigenvalue weighted by molar-refractivity contribution is 5.95. The van der Waals surface area contributed by atoms with Gasteiger partial charge in [-0.05, 0) is 36.6 Å². The van der Waals surface area contributed by atoms with Crippen LogP contribution in [0.4, 0.5) is 0 Å². The number of amides is 2. The lowest BCUT2D eigenvalue weighted by Crippen LogP contribution is -2.51. The van der Waals surface area contributed by atoms with Gasteiger partial charge in [-0.1, -0.05) is 25.3 Å². The lowest BCUT2D eigenvalue weighted by molar-refractivity contribution is -0.128. The van der Waals surface area contributed by atoms with E-state index in [2.05, 4.69) is 10.6 Å². The second-order valence-electron chi connectivity index (χ2n) is 6.53. The number of fused-ring (bicyclic) bond motifs is 1. The third-order valence-corrected chi connectivity index (χ3v) is 4.59. The summed E-state index contributed by atoms with van der Waals surface area (Å²) < 4.78 is 10.5. The topological polar surface area (TPSA) is 96.9 Å². The normalized spacial score (nSPS) is 17.9. The molecule has 7 nitrogen and oxygen atoms in total. The summed E-state index contributed by atoms with van der Waals surface area (Å²) in [4.78, 5) is 24.3. The molecule has 0 aromatic heterocycles. The fraction of sp³-hybridized carbons (Fsp3) is 0.474. The van der Waals surface area contributed by atoms with E-state index >= 15 is 0 Å². The standard InChI is InChI=1S/C19H24N2O5/c22-11-15(19(24)20-14-4-2-1-3-5-14)21-18(23)9-7-13-6-8-16-17(10-13)26-12-25-16/h6-10,14-15,22H,1-5,11-12H2,(H,20,24)(H,21,23)/t15-/m0/s1. The number of hydrogen-bond acceptors (Lipinski definition) is 5. The molecular formula is C19H24N2O5. The number of carbonyl (C=O) groups is 2. The first-order valence-corrected chi connectivity index (χ1v) is 8.95. The van der Waals surface area contributed by atoms with Crippen molar-refractivity contribution in [2.45, 2.75) is 44.2 Å². The fourth-order valence-electron chi connectivity index (χ4n) is 3.15. The Hall–Kier alpha value is -2.54. The van der Waals surface area contributed by atoms with Crippen LogP contribution in [-0.4, -0.2) is 42.4 Å². The summed E-state index contributed by atoms with van der Waals surface area (Å²) in [7, 11) is 0. The summed E-state index contributed by atoms with van der Waals surface area (Å²) in [5.41, 5.74) is 0.775. The number of rotatable bonds is 6. The van der Waals surface area contributed by atoms with Crippen LogP contribution >= 0.6 is 0 Å². The largest absolute Gasteiger partial charge is 0.454 e. The average molecular weight is 360 g/mol. The molecule has 0 radical (unpaired) electrons. The van der Waals surface area contributed by atoms with E-state index in [0.717, 1.165) is 31.2 Å². The summed E-state index contributed by atoms with van der Waals surface area (Å²) in [6, 6.07) is 4.52. The van der Waals surface area contributed by atoms with Gasteiger partial charge in [-0.2, -0.15) is 0 Å². The molecule has 1 saturated carbocycles. The maximum Gasteiger partial charge on any atom is 0.245 e. The number of carbonyl (C=O) groups excluding carboxylic acids is 2. The Bertz CT molecular complexity index is 683. The highest BCUT2D eigenvalue weighted by atomic mass is 16.7. The molecule has 1 heterocycles. The number of nitrogens with one attached hydrogen (secondary N) is 2. The van der Waals surface area contributed by atoms with Crippen molar-refractivity contribution in [3.05, 3.63) is 29.8 Å². The Balaban J connectivity index is 1.52. The molecule has 3 rings (SSSR count). The van der Waals surface area contributed by atoms with Gasteiger partial charge >= 0.3 is 0 Å². The molecule has 3 N–H and O–H groups in total.